The topological polar surface area (TPSA) is 80.3 Å². The van der Waals surface area contributed by atoms with Crippen molar-refractivity contribution in [2.45, 2.75) is 13.8 Å². The predicted octanol–water partition coefficient (Wildman–Crippen LogP) is 4.56. The number of carbonyl (C=O) groups excluding carboxylic acids is 2. The molecule has 0 bridgehead atoms. The van der Waals surface area contributed by atoms with E-state index in [1.54, 1.807) is 43.5 Å². The zero-order valence-corrected chi connectivity index (χ0v) is 15.7. The Balaban J connectivity index is 1.69. The molecule has 2 aromatic carbocycles. The lowest BCUT2D eigenvalue weighted by molar-refractivity contribution is 0.0526. The molecule has 6 nitrogen and oxygen atoms in total. The number of amides is 1. The normalized spacial score (nSPS) is 10.2. The molecule has 1 heterocycles. The Morgan fingerprint density at radius 2 is 1.71 bits per heavy atom. The summed E-state index contributed by atoms with van der Waals surface area (Å²) < 4.78 is 4.97. The third-order valence-electron chi connectivity index (χ3n) is 3.96. The molecule has 0 fully saturated rings. The molecule has 0 aliphatic rings. The van der Waals surface area contributed by atoms with Crippen molar-refractivity contribution in [3.05, 3.63) is 83.7 Å². The highest BCUT2D eigenvalue weighted by molar-refractivity contribution is 6.04. The second-order valence-electron chi connectivity index (χ2n) is 6.21. The van der Waals surface area contributed by atoms with Crippen molar-refractivity contribution in [2.75, 3.05) is 17.2 Å². The van der Waals surface area contributed by atoms with Crippen LogP contribution in [0, 0.1) is 6.92 Å². The molecule has 0 spiro atoms. The molecule has 3 rings (SSSR count). The average molecular weight is 375 g/mol. The number of esters is 1. The lowest BCUT2D eigenvalue weighted by Gasteiger charge is -2.10. The third kappa shape index (κ3) is 4.94. The van der Waals surface area contributed by atoms with Crippen LogP contribution >= 0.6 is 0 Å². The number of anilines is 3. The molecule has 0 radical (unpaired) electrons. The number of hydrogen-bond donors (Lipinski definition) is 2. The Kier molecular flexibility index (Phi) is 6.01. The van der Waals surface area contributed by atoms with Gasteiger partial charge in [0.15, 0.2) is 0 Å². The van der Waals surface area contributed by atoms with Gasteiger partial charge in [-0.1, -0.05) is 12.1 Å². The van der Waals surface area contributed by atoms with Gasteiger partial charge in [0.1, 0.15) is 0 Å². The summed E-state index contributed by atoms with van der Waals surface area (Å²) in [6, 6.07) is 16.2. The molecule has 3 aromatic rings. The predicted molar refractivity (Wildman–Crippen MR) is 109 cm³/mol. The van der Waals surface area contributed by atoms with E-state index in [1.807, 2.05) is 31.2 Å². The van der Waals surface area contributed by atoms with E-state index < -0.39 is 0 Å². The molecule has 0 aliphatic heterocycles. The molecule has 1 amide bonds. The average Bonchev–Trinajstić information content (AvgIpc) is 2.69. The Morgan fingerprint density at radius 3 is 2.43 bits per heavy atom. The molecule has 0 aliphatic carbocycles. The van der Waals surface area contributed by atoms with E-state index in [1.165, 1.54) is 6.20 Å². The quantitative estimate of drug-likeness (QED) is 0.617. The number of hydrogen-bond acceptors (Lipinski definition) is 5. The van der Waals surface area contributed by atoms with Crippen molar-refractivity contribution >= 4 is 28.9 Å². The van der Waals surface area contributed by atoms with E-state index in [0.717, 1.165) is 16.9 Å². The lowest BCUT2D eigenvalue weighted by atomic mass is 10.2. The van der Waals surface area contributed by atoms with Crippen LogP contribution in [-0.4, -0.2) is 23.5 Å². The van der Waals surface area contributed by atoms with Crippen LogP contribution in [-0.2, 0) is 4.74 Å². The first-order valence-electron chi connectivity index (χ1n) is 8.92. The molecule has 0 unspecified atom stereocenters. The van der Waals surface area contributed by atoms with Gasteiger partial charge in [0.25, 0.3) is 5.91 Å². The highest BCUT2D eigenvalue weighted by Gasteiger charge is 2.09. The van der Waals surface area contributed by atoms with Crippen molar-refractivity contribution in [2.24, 2.45) is 0 Å². The number of rotatable bonds is 6. The van der Waals surface area contributed by atoms with Gasteiger partial charge in [0, 0.05) is 17.6 Å². The zero-order valence-electron chi connectivity index (χ0n) is 15.7. The van der Waals surface area contributed by atoms with E-state index in [4.69, 9.17) is 4.74 Å². The van der Waals surface area contributed by atoms with Gasteiger partial charge < -0.3 is 15.4 Å². The molecule has 0 saturated carbocycles. The maximum absolute atomic E-state index is 12.5. The molecule has 2 N–H and O–H groups in total. The Bertz CT molecular complexity index is 984. The highest BCUT2D eigenvalue weighted by Crippen LogP contribution is 2.19. The monoisotopic (exact) mass is 375 g/mol. The van der Waals surface area contributed by atoms with Crippen molar-refractivity contribution in [3.8, 4) is 0 Å². The van der Waals surface area contributed by atoms with Gasteiger partial charge in [-0.2, -0.15) is 0 Å². The summed E-state index contributed by atoms with van der Waals surface area (Å²) in [4.78, 5) is 28.3. The second-order valence-corrected chi connectivity index (χ2v) is 6.21. The van der Waals surface area contributed by atoms with Crippen LogP contribution < -0.4 is 10.6 Å². The van der Waals surface area contributed by atoms with Crippen molar-refractivity contribution in [1.82, 2.24) is 4.98 Å². The molecule has 1 aromatic heterocycles. The Morgan fingerprint density at radius 1 is 0.929 bits per heavy atom. The van der Waals surface area contributed by atoms with E-state index in [-0.39, 0.29) is 11.9 Å². The first kappa shape index (κ1) is 19.1. The van der Waals surface area contributed by atoms with Gasteiger partial charge in [0.2, 0.25) is 0 Å². The van der Waals surface area contributed by atoms with Gasteiger partial charge in [-0.15, -0.1) is 0 Å². The van der Waals surface area contributed by atoms with Gasteiger partial charge in [-0.25, -0.2) is 4.79 Å². The first-order valence-corrected chi connectivity index (χ1v) is 8.92. The fourth-order valence-corrected chi connectivity index (χ4v) is 2.63. The number of aromatic nitrogens is 1. The maximum Gasteiger partial charge on any atom is 0.338 e. The summed E-state index contributed by atoms with van der Waals surface area (Å²) in [6.07, 6.45) is 3.14. The van der Waals surface area contributed by atoms with Crippen molar-refractivity contribution < 1.29 is 14.3 Å². The van der Waals surface area contributed by atoms with Crippen molar-refractivity contribution in [3.63, 3.8) is 0 Å². The van der Waals surface area contributed by atoms with Crippen LogP contribution in [0.2, 0.25) is 0 Å². The number of aryl methyl sites for hydroxylation is 1. The summed E-state index contributed by atoms with van der Waals surface area (Å²) in [7, 11) is 0. The minimum absolute atomic E-state index is 0.237. The van der Waals surface area contributed by atoms with Crippen LogP contribution in [0.15, 0.2) is 67.0 Å². The van der Waals surface area contributed by atoms with Crippen LogP contribution in [0.5, 0.6) is 0 Å². The summed E-state index contributed by atoms with van der Waals surface area (Å²) in [5.74, 6) is -0.593. The number of ether oxygens (including phenoxy) is 1. The van der Waals surface area contributed by atoms with Crippen LogP contribution in [0.4, 0.5) is 17.1 Å². The van der Waals surface area contributed by atoms with Gasteiger partial charge in [-0.3, -0.25) is 9.78 Å². The Hall–Kier alpha value is -3.67. The van der Waals surface area contributed by atoms with E-state index >= 15 is 0 Å². The molecule has 28 heavy (non-hydrogen) atoms. The molecule has 6 heteroatoms. The fourth-order valence-electron chi connectivity index (χ4n) is 2.63. The van der Waals surface area contributed by atoms with Gasteiger partial charge in [0.05, 0.1) is 29.6 Å². The molecule has 0 saturated heterocycles. The summed E-state index contributed by atoms with van der Waals surface area (Å²) in [5.41, 5.74) is 4.16. The van der Waals surface area contributed by atoms with Gasteiger partial charge >= 0.3 is 5.97 Å². The van der Waals surface area contributed by atoms with Crippen LogP contribution in [0.3, 0.4) is 0 Å². The number of carbonyl (C=O) groups is 2. The summed E-state index contributed by atoms with van der Waals surface area (Å²) in [5, 5.41) is 6.04. The molecular formula is C22H21N3O3. The molecule has 0 atom stereocenters. The van der Waals surface area contributed by atoms with E-state index in [9.17, 15) is 9.59 Å². The first-order chi connectivity index (χ1) is 13.5. The highest BCUT2D eigenvalue weighted by atomic mass is 16.5. The minimum atomic E-state index is -0.356. The molecular weight excluding hydrogens is 354 g/mol. The minimum Gasteiger partial charge on any atom is -0.462 e. The van der Waals surface area contributed by atoms with Crippen LogP contribution in [0.1, 0.15) is 33.2 Å². The lowest BCUT2D eigenvalue weighted by Crippen LogP contribution is -2.12. The largest absolute Gasteiger partial charge is 0.462 e. The van der Waals surface area contributed by atoms with E-state index in [2.05, 4.69) is 15.6 Å². The zero-order chi connectivity index (χ0) is 19.9. The van der Waals surface area contributed by atoms with Gasteiger partial charge in [-0.05, 0) is 61.9 Å². The van der Waals surface area contributed by atoms with Crippen molar-refractivity contribution in [1.29, 1.82) is 0 Å². The summed E-state index contributed by atoms with van der Waals surface area (Å²) >= 11 is 0. The fraction of sp³-hybridized carbons (Fsp3) is 0.136. The molecule has 142 valence electrons. The smallest absolute Gasteiger partial charge is 0.338 e. The number of nitrogens with zero attached hydrogens (tertiary/aromatic N) is 1. The third-order valence-corrected chi connectivity index (χ3v) is 3.96. The summed E-state index contributed by atoms with van der Waals surface area (Å²) in [6.45, 7) is 4.07. The number of pyridine rings is 1. The maximum atomic E-state index is 12.5. The number of benzene rings is 2. The second kappa shape index (κ2) is 8.81. The van der Waals surface area contributed by atoms with Crippen LogP contribution in [0.25, 0.3) is 0 Å². The standard InChI is InChI=1S/C22H21N3O3/c1-3-28-22(27)16-7-9-18(10-8-16)24-20-12-17(13-23-14-20)21(26)25-19-6-4-5-15(2)11-19/h4-14,24H,3H2,1-2H3,(H,25,26). The SMILES string of the molecule is CCOC(=O)c1ccc(Nc2cncc(C(=O)Nc3cccc(C)c3)c2)cc1. The van der Waals surface area contributed by atoms with E-state index in [0.29, 0.717) is 23.4 Å². The Labute approximate surface area is 163 Å². The number of nitrogens with one attached hydrogen (secondary N) is 2.